The van der Waals surface area contributed by atoms with Gasteiger partial charge in [0, 0.05) is 33.4 Å². The Kier molecular flexibility index (Phi) is 3.20. The van der Waals surface area contributed by atoms with Crippen molar-refractivity contribution in [1.82, 2.24) is 4.98 Å². The molecule has 22 heavy (non-hydrogen) atoms. The third kappa shape index (κ3) is 1.96. The Labute approximate surface area is 132 Å². The summed E-state index contributed by atoms with van der Waals surface area (Å²) in [6.45, 7) is 0. The second kappa shape index (κ2) is 5.11. The fourth-order valence-electron chi connectivity index (χ4n) is 3.00. The van der Waals surface area contributed by atoms with Gasteiger partial charge in [-0.15, -0.1) is 11.3 Å². The quantitative estimate of drug-likeness (QED) is 0.793. The lowest BCUT2D eigenvalue weighted by molar-refractivity contribution is 0.157. The van der Waals surface area contributed by atoms with Gasteiger partial charge in [0.15, 0.2) is 0 Å². The zero-order valence-electron chi connectivity index (χ0n) is 12.5. The molecule has 0 bridgehead atoms. The van der Waals surface area contributed by atoms with E-state index in [2.05, 4.69) is 4.98 Å². The van der Waals surface area contributed by atoms with E-state index < -0.39 is 0 Å². The molecule has 4 rings (SSSR count). The highest BCUT2D eigenvalue weighted by Gasteiger charge is 2.32. The summed E-state index contributed by atoms with van der Waals surface area (Å²) >= 11 is 1.59. The van der Waals surface area contributed by atoms with Crippen LogP contribution in [0.15, 0.2) is 24.5 Å². The van der Waals surface area contributed by atoms with Crippen molar-refractivity contribution in [3.8, 4) is 11.5 Å². The summed E-state index contributed by atoms with van der Waals surface area (Å²) in [6.07, 6.45) is 5.38. The summed E-state index contributed by atoms with van der Waals surface area (Å²) in [4.78, 5) is 5.19. The largest absolute Gasteiger partial charge is 0.495 e. The number of rotatable bonds is 4. The summed E-state index contributed by atoms with van der Waals surface area (Å²) in [7, 11) is 3.35. The second-order valence-electron chi connectivity index (χ2n) is 5.66. The van der Waals surface area contributed by atoms with Crippen LogP contribution >= 0.6 is 11.3 Å². The van der Waals surface area contributed by atoms with Crippen molar-refractivity contribution >= 4 is 32.2 Å². The molecule has 0 aliphatic heterocycles. The molecule has 2 heterocycles. The third-order valence-corrected chi connectivity index (χ3v) is 5.49. The van der Waals surface area contributed by atoms with Gasteiger partial charge in [0.25, 0.3) is 0 Å². The maximum absolute atomic E-state index is 10.4. The number of ether oxygens (including phenoxy) is 2. The smallest absolute Gasteiger partial charge is 0.144 e. The Morgan fingerprint density at radius 1 is 1.18 bits per heavy atom. The SMILES string of the molecule is COc1c2cnccc2c(OC)c2sc(C(O)C3CC3)cc12. The normalized spacial score (nSPS) is 16.1. The van der Waals surface area contributed by atoms with E-state index in [0.29, 0.717) is 5.92 Å². The molecular formula is C17H17NO3S. The lowest BCUT2D eigenvalue weighted by Gasteiger charge is -2.11. The summed E-state index contributed by atoms with van der Waals surface area (Å²) in [5, 5.41) is 13.3. The van der Waals surface area contributed by atoms with Crippen molar-refractivity contribution in [1.29, 1.82) is 0 Å². The Bertz CT molecular complexity index is 793. The molecule has 4 nitrogen and oxygen atoms in total. The van der Waals surface area contributed by atoms with Crippen LogP contribution in [0.3, 0.4) is 0 Å². The minimum atomic E-state index is -0.381. The van der Waals surface area contributed by atoms with Crippen molar-refractivity contribution in [3.63, 3.8) is 0 Å². The number of hydrogen-bond donors (Lipinski definition) is 1. The molecule has 0 saturated heterocycles. The third-order valence-electron chi connectivity index (χ3n) is 4.28. The lowest BCUT2D eigenvalue weighted by atomic mass is 10.1. The molecule has 0 spiro atoms. The number of nitrogens with zero attached hydrogens (tertiary/aromatic N) is 1. The average Bonchev–Trinajstić information content (AvgIpc) is 3.31. The van der Waals surface area contributed by atoms with Crippen molar-refractivity contribution < 1.29 is 14.6 Å². The predicted molar refractivity (Wildman–Crippen MR) is 87.9 cm³/mol. The molecule has 1 unspecified atom stereocenters. The molecule has 1 aromatic carbocycles. The van der Waals surface area contributed by atoms with Gasteiger partial charge >= 0.3 is 0 Å². The van der Waals surface area contributed by atoms with Crippen LogP contribution in [0.2, 0.25) is 0 Å². The van der Waals surface area contributed by atoms with Gasteiger partial charge in [-0.1, -0.05) is 0 Å². The number of thiophene rings is 1. The first-order valence-electron chi connectivity index (χ1n) is 7.33. The number of aromatic nitrogens is 1. The van der Waals surface area contributed by atoms with Gasteiger partial charge < -0.3 is 14.6 Å². The molecule has 0 radical (unpaired) electrons. The minimum Gasteiger partial charge on any atom is -0.495 e. The number of methoxy groups -OCH3 is 2. The van der Waals surface area contributed by atoms with E-state index in [1.807, 2.05) is 12.1 Å². The highest BCUT2D eigenvalue weighted by molar-refractivity contribution is 7.19. The maximum Gasteiger partial charge on any atom is 0.144 e. The van der Waals surface area contributed by atoms with Crippen LogP contribution < -0.4 is 9.47 Å². The van der Waals surface area contributed by atoms with Crippen LogP contribution in [0.25, 0.3) is 20.9 Å². The van der Waals surface area contributed by atoms with Crippen LogP contribution in [-0.4, -0.2) is 24.3 Å². The Morgan fingerprint density at radius 3 is 2.64 bits per heavy atom. The van der Waals surface area contributed by atoms with Crippen molar-refractivity contribution in [2.75, 3.05) is 14.2 Å². The van der Waals surface area contributed by atoms with Gasteiger partial charge in [-0.05, 0) is 30.9 Å². The monoisotopic (exact) mass is 315 g/mol. The predicted octanol–water partition coefficient (Wildman–Crippen LogP) is 3.91. The van der Waals surface area contributed by atoms with E-state index in [4.69, 9.17) is 9.47 Å². The van der Waals surface area contributed by atoms with E-state index in [9.17, 15) is 5.11 Å². The molecule has 1 atom stereocenters. The van der Waals surface area contributed by atoms with E-state index >= 15 is 0 Å². The highest BCUT2D eigenvalue weighted by Crippen LogP contribution is 2.50. The van der Waals surface area contributed by atoms with Gasteiger partial charge in [0.1, 0.15) is 11.5 Å². The lowest BCUT2D eigenvalue weighted by Crippen LogP contribution is -1.95. The van der Waals surface area contributed by atoms with Gasteiger partial charge in [-0.2, -0.15) is 0 Å². The highest BCUT2D eigenvalue weighted by atomic mass is 32.1. The van der Waals surface area contributed by atoms with Gasteiger partial charge in [0.2, 0.25) is 0 Å². The first-order chi connectivity index (χ1) is 10.7. The molecule has 1 aliphatic rings. The summed E-state index contributed by atoms with van der Waals surface area (Å²) in [5.74, 6) is 2.03. The van der Waals surface area contributed by atoms with E-state index in [-0.39, 0.29) is 6.10 Å². The molecule has 114 valence electrons. The fraction of sp³-hybridized carbons (Fsp3) is 0.353. The van der Waals surface area contributed by atoms with E-state index in [0.717, 1.165) is 50.1 Å². The molecule has 1 fully saturated rings. The first kappa shape index (κ1) is 13.8. The summed E-state index contributed by atoms with van der Waals surface area (Å²) < 4.78 is 12.3. The standard InChI is InChI=1S/C17H17NO3S/c1-20-15-11-7-13(14(19)9-3-4-9)22-17(11)16(21-2)10-5-6-18-8-12(10)15/h5-9,14,19H,3-4H2,1-2H3. The number of fused-ring (bicyclic) bond motifs is 2. The number of hydrogen-bond acceptors (Lipinski definition) is 5. The van der Waals surface area contributed by atoms with Gasteiger partial charge in [-0.3, -0.25) is 4.98 Å². The maximum atomic E-state index is 10.4. The average molecular weight is 315 g/mol. The minimum absolute atomic E-state index is 0.381. The van der Waals surface area contributed by atoms with Gasteiger partial charge in [0.05, 0.1) is 25.0 Å². The molecule has 3 aromatic rings. The van der Waals surface area contributed by atoms with Crippen LogP contribution in [0.4, 0.5) is 0 Å². The van der Waals surface area contributed by atoms with Crippen molar-refractivity contribution in [2.24, 2.45) is 5.92 Å². The van der Waals surface area contributed by atoms with Crippen LogP contribution in [0, 0.1) is 5.92 Å². The van der Waals surface area contributed by atoms with E-state index in [1.54, 1.807) is 38.0 Å². The molecule has 5 heteroatoms. The van der Waals surface area contributed by atoms with E-state index in [1.165, 1.54) is 0 Å². The number of benzene rings is 1. The molecule has 1 N–H and O–H groups in total. The molecular weight excluding hydrogens is 298 g/mol. The van der Waals surface area contributed by atoms with Crippen molar-refractivity contribution in [2.45, 2.75) is 18.9 Å². The fourth-order valence-corrected chi connectivity index (χ4v) is 4.27. The molecule has 1 saturated carbocycles. The Hall–Kier alpha value is -1.85. The molecule has 1 aliphatic carbocycles. The number of pyridine rings is 1. The summed E-state index contributed by atoms with van der Waals surface area (Å²) in [5.41, 5.74) is 0. The van der Waals surface area contributed by atoms with Crippen LogP contribution in [0.1, 0.15) is 23.8 Å². The van der Waals surface area contributed by atoms with Crippen LogP contribution in [0.5, 0.6) is 11.5 Å². The Balaban J connectivity index is 2.05. The number of aliphatic hydroxyl groups is 1. The zero-order chi connectivity index (χ0) is 15.3. The van der Waals surface area contributed by atoms with Gasteiger partial charge in [-0.25, -0.2) is 0 Å². The van der Waals surface area contributed by atoms with Crippen LogP contribution in [-0.2, 0) is 0 Å². The Morgan fingerprint density at radius 2 is 1.95 bits per heavy atom. The molecule has 0 amide bonds. The number of aliphatic hydroxyl groups excluding tert-OH is 1. The topological polar surface area (TPSA) is 51.6 Å². The van der Waals surface area contributed by atoms with Crippen molar-refractivity contribution in [3.05, 3.63) is 29.4 Å². The molecule has 2 aromatic heterocycles. The summed E-state index contributed by atoms with van der Waals surface area (Å²) in [6, 6.07) is 3.98. The second-order valence-corrected chi connectivity index (χ2v) is 6.75. The first-order valence-corrected chi connectivity index (χ1v) is 8.15. The zero-order valence-corrected chi connectivity index (χ0v) is 13.3.